The molecular formula is C25H38BrClN2O4Si. The van der Waals surface area contributed by atoms with Crippen LogP contribution in [0.25, 0.3) is 0 Å². The maximum absolute atomic E-state index is 12.8. The predicted molar refractivity (Wildman–Crippen MR) is 143 cm³/mol. The van der Waals surface area contributed by atoms with E-state index in [2.05, 4.69) is 62.5 Å². The summed E-state index contributed by atoms with van der Waals surface area (Å²) >= 11 is 9.55. The van der Waals surface area contributed by atoms with Gasteiger partial charge >= 0.3 is 5.97 Å². The van der Waals surface area contributed by atoms with Crippen LogP contribution in [0.5, 0.6) is 0 Å². The Bertz CT molecular complexity index is 941. The minimum atomic E-state index is -2.10. The number of nitrogens with zero attached hydrogens (tertiary/aromatic N) is 2. The number of benzene rings is 1. The van der Waals surface area contributed by atoms with Crippen molar-refractivity contribution in [2.45, 2.75) is 84.2 Å². The van der Waals surface area contributed by atoms with Gasteiger partial charge in [-0.3, -0.25) is 0 Å². The topological polar surface area (TPSA) is 73.6 Å². The number of imidazole rings is 1. The molecule has 1 heterocycles. The molecule has 1 N–H and O–H groups in total. The number of aliphatic hydroxyl groups is 1. The molecule has 2 atom stereocenters. The summed E-state index contributed by atoms with van der Waals surface area (Å²) in [6.45, 7) is 17.9. The molecule has 0 saturated heterocycles. The Labute approximate surface area is 218 Å². The molecule has 0 bridgehead atoms. The molecule has 0 amide bonds. The third kappa shape index (κ3) is 5.95. The van der Waals surface area contributed by atoms with Gasteiger partial charge in [0.1, 0.15) is 6.10 Å². The number of hydrogen-bond acceptors (Lipinski definition) is 5. The summed E-state index contributed by atoms with van der Waals surface area (Å²) in [7, 11) is -2.10. The number of ether oxygens (including phenoxy) is 1. The van der Waals surface area contributed by atoms with E-state index in [1.165, 1.54) is 0 Å². The van der Waals surface area contributed by atoms with Gasteiger partial charge in [-0.2, -0.15) is 0 Å². The molecule has 0 aliphatic carbocycles. The van der Waals surface area contributed by atoms with Crippen LogP contribution in [-0.4, -0.2) is 42.2 Å². The Morgan fingerprint density at radius 1 is 1.09 bits per heavy atom. The Hall–Kier alpha value is -1.19. The van der Waals surface area contributed by atoms with Crippen molar-refractivity contribution in [3.63, 3.8) is 0 Å². The average Bonchev–Trinajstić information content (AvgIpc) is 3.10. The van der Waals surface area contributed by atoms with Crippen molar-refractivity contribution in [3.8, 4) is 0 Å². The lowest BCUT2D eigenvalue weighted by molar-refractivity contribution is 0.0513. The molecule has 0 fully saturated rings. The number of aliphatic hydroxyl groups excluding tert-OH is 1. The van der Waals surface area contributed by atoms with Crippen LogP contribution in [-0.2, 0) is 9.16 Å². The lowest BCUT2D eigenvalue weighted by atomic mass is 10.0. The van der Waals surface area contributed by atoms with Crippen molar-refractivity contribution < 1.29 is 19.1 Å². The van der Waals surface area contributed by atoms with Crippen LogP contribution in [0, 0.1) is 0 Å². The van der Waals surface area contributed by atoms with Crippen molar-refractivity contribution in [1.29, 1.82) is 0 Å². The first-order chi connectivity index (χ1) is 15.9. The molecule has 1 aromatic carbocycles. The van der Waals surface area contributed by atoms with Crippen LogP contribution in [0.1, 0.15) is 89.3 Å². The van der Waals surface area contributed by atoms with Crippen LogP contribution in [0.15, 0.2) is 29.0 Å². The molecule has 0 aliphatic heterocycles. The van der Waals surface area contributed by atoms with Crippen molar-refractivity contribution in [2.75, 3.05) is 13.2 Å². The maximum Gasteiger partial charge on any atom is 0.358 e. The van der Waals surface area contributed by atoms with Gasteiger partial charge in [-0.1, -0.05) is 65.3 Å². The molecule has 190 valence electrons. The Balaban J connectivity index is 2.53. The summed E-state index contributed by atoms with van der Waals surface area (Å²) in [4.78, 5) is 17.2. The lowest BCUT2D eigenvalue weighted by Gasteiger charge is -2.43. The number of hydrogen-bond donors (Lipinski definition) is 1. The molecule has 1 aromatic heterocycles. The number of halogens is 2. The van der Waals surface area contributed by atoms with Gasteiger partial charge in [0.25, 0.3) is 0 Å². The molecule has 2 aromatic rings. The van der Waals surface area contributed by atoms with Crippen molar-refractivity contribution in [3.05, 3.63) is 51.0 Å². The summed E-state index contributed by atoms with van der Waals surface area (Å²) in [5.41, 5.74) is 2.39. The largest absolute Gasteiger partial charge is 0.461 e. The highest BCUT2D eigenvalue weighted by molar-refractivity contribution is 9.10. The number of esters is 1. The first-order valence-corrected chi connectivity index (χ1v) is 15.2. The van der Waals surface area contributed by atoms with E-state index in [0.717, 1.165) is 0 Å². The second kappa shape index (κ2) is 12.2. The van der Waals surface area contributed by atoms with E-state index in [1.54, 1.807) is 31.2 Å². The minimum absolute atomic E-state index is 0.0862. The summed E-state index contributed by atoms with van der Waals surface area (Å²) in [6, 6.07) is 6.70. The van der Waals surface area contributed by atoms with E-state index in [4.69, 9.17) is 20.8 Å². The van der Waals surface area contributed by atoms with Gasteiger partial charge in [0.2, 0.25) is 0 Å². The molecule has 34 heavy (non-hydrogen) atoms. The summed E-state index contributed by atoms with van der Waals surface area (Å²) in [6.07, 6.45) is -1.10. The van der Waals surface area contributed by atoms with Gasteiger partial charge in [0.05, 0.1) is 24.9 Å². The van der Waals surface area contributed by atoms with E-state index >= 15 is 0 Å². The smallest absolute Gasteiger partial charge is 0.358 e. The molecular weight excluding hydrogens is 536 g/mol. The van der Waals surface area contributed by atoms with E-state index < -0.39 is 20.4 Å². The number of carbonyl (C=O) groups is 1. The fourth-order valence-electron chi connectivity index (χ4n) is 5.09. The van der Waals surface area contributed by atoms with E-state index in [0.29, 0.717) is 44.2 Å². The molecule has 0 spiro atoms. The normalized spacial score (nSPS) is 14.2. The van der Waals surface area contributed by atoms with Crippen molar-refractivity contribution >= 4 is 41.8 Å². The van der Waals surface area contributed by atoms with Gasteiger partial charge in [0, 0.05) is 5.02 Å². The van der Waals surface area contributed by atoms with E-state index in [-0.39, 0.29) is 18.3 Å². The van der Waals surface area contributed by atoms with Crippen LogP contribution < -0.4 is 0 Å². The molecule has 9 heteroatoms. The van der Waals surface area contributed by atoms with Gasteiger partial charge in [0.15, 0.2) is 18.7 Å². The van der Waals surface area contributed by atoms with Gasteiger partial charge in [-0.15, -0.1) is 0 Å². The maximum atomic E-state index is 12.8. The highest BCUT2D eigenvalue weighted by atomic mass is 79.9. The van der Waals surface area contributed by atoms with Gasteiger partial charge in [-0.05, 0) is 64.1 Å². The summed E-state index contributed by atoms with van der Waals surface area (Å²) in [5.74, 6) is -0.576. The molecule has 0 radical (unpaired) electrons. The monoisotopic (exact) mass is 572 g/mol. The SMILES string of the molecule is CCOC(=O)c1nc(Br)n([C@@H](C)CO[Si](C(C)C)(C(C)C)C(C)C)c1C(O)c1ccc(Cl)cc1. The predicted octanol–water partition coefficient (Wildman–Crippen LogP) is 7.31. The van der Waals surface area contributed by atoms with Gasteiger partial charge < -0.3 is 18.8 Å². The fraction of sp³-hybridized carbons (Fsp3) is 0.600. The third-order valence-corrected chi connectivity index (χ3v) is 13.4. The molecule has 2 rings (SSSR count). The van der Waals surface area contributed by atoms with Crippen molar-refractivity contribution in [2.24, 2.45) is 0 Å². The standard InChI is InChI=1S/C25H38BrClN2O4Si/c1-9-32-24(31)21-22(23(30)19-10-12-20(27)13-11-19)29(25(26)28-21)18(8)14-33-34(15(2)3,16(4)5)17(6)7/h10-13,15-18,23,30H,9,14H2,1-8H3/t18-,23?/m0/s1. The number of aromatic nitrogens is 2. The Morgan fingerprint density at radius 2 is 1.62 bits per heavy atom. The number of rotatable bonds is 11. The van der Waals surface area contributed by atoms with Crippen LogP contribution in [0.4, 0.5) is 0 Å². The number of carbonyl (C=O) groups excluding carboxylic acids is 1. The van der Waals surface area contributed by atoms with E-state index in [9.17, 15) is 9.90 Å². The third-order valence-electron chi connectivity index (χ3n) is 6.54. The van der Waals surface area contributed by atoms with Crippen molar-refractivity contribution in [1.82, 2.24) is 9.55 Å². The average molecular weight is 574 g/mol. The minimum Gasteiger partial charge on any atom is -0.461 e. The molecule has 0 aliphatic rings. The zero-order valence-corrected chi connectivity index (χ0v) is 24.8. The molecule has 1 unspecified atom stereocenters. The first kappa shape index (κ1) is 29.0. The molecule has 6 nitrogen and oxygen atoms in total. The lowest BCUT2D eigenvalue weighted by Crippen LogP contribution is -2.48. The Kier molecular flexibility index (Phi) is 10.4. The first-order valence-electron chi connectivity index (χ1n) is 11.9. The second-order valence-corrected chi connectivity index (χ2v) is 16.2. The fourth-order valence-corrected chi connectivity index (χ4v) is 11.5. The summed E-state index contributed by atoms with van der Waals surface area (Å²) < 4.78 is 14.3. The quantitative estimate of drug-likeness (QED) is 0.225. The highest BCUT2D eigenvalue weighted by Crippen LogP contribution is 2.43. The molecule has 0 saturated carbocycles. The van der Waals surface area contributed by atoms with Gasteiger partial charge in [-0.25, -0.2) is 9.78 Å². The second-order valence-electron chi connectivity index (χ2n) is 9.64. The van der Waals surface area contributed by atoms with Crippen LogP contribution in [0.3, 0.4) is 0 Å². The van der Waals surface area contributed by atoms with Crippen LogP contribution >= 0.6 is 27.5 Å². The highest BCUT2D eigenvalue weighted by Gasteiger charge is 2.45. The zero-order valence-electron chi connectivity index (χ0n) is 21.4. The van der Waals surface area contributed by atoms with E-state index in [1.807, 2.05) is 11.5 Å². The summed E-state index contributed by atoms with van der Waals surface area (Å²) in [5, 5.41) is 11.9. The van der Waals surface area contributed by atoms with Crippen LogP contribution in [0.2, 0.25) is 21.6 Å². The zero-order chi connectivity index (χ0) is 25.8. The Morgan fingerprint density at radius 3 is 2.09 bits per heavy atom.